The first kappa shape index (κ1) is 16.8. The van der Waals surface area contributed by atoms with Crippen LogP contribution in [-0.2, 0) is 17.8 Å². The molecule has 0 aliphatic heterocycles. The van der Waals surface area contributed by atoms with Crippen LogP contribution in [0.5, 0.6) is 11.5 Å². The minimum Gasteiger partial charge on any atom is -0.493 e. The number of nitrogens with one attached hydrogen (secondary N) is 1. The Morgan fingerprint density at radius 2 is 1.65 bits per heavy atom. The fourth-order valence-corrected chi connectivity index (χ4v) is 2.19. The summed E-state index contributed by atoms with van der Waals surface area (Å²) >= 11 is 0. The Balaban J connectivity index is 1.83. The van der Waals surface area contributed by atoms with Gasteiger partial charge in [-0.1, -0.05) is 18.2 Å². The van der Waals surface area contributed by atoms with Crippen LogP contribution in [-0.4, -0.2) is 20.1 Å². The molecule has 1 N–H and O–H groups in total. The standard InChI is InChI=1S/C18H20FNO3/c1-22-16-9-5-14(11-17(16)23-2)12-20-18(21)10-6-13-3-7-15(19)8-4-13/h3-5,7-9,11H,6,10,12H2,1-2H3,(H,20,21). The molecule has 122 valence electrons. The molecule has 0 bridgehead atoms. The van der Waals surface area contributed by atoms with E-state index >= 15 is 0 Å². The van der Waals surface area contributed by atoms with Crippen molar-refractivity contribution in [3.63, 3.8) is 0 Å². The predicted molar refractivity (Wildman–Crippen MR) is 86.1 cm³/mol. The van der Waals surface area contributed by atoms with Gasteiger partial charge in [-0.15, -0.1) is 0 Å². The number of benzene rings is 2. The van der Waals surface area contributed by atoms with Gasteiger partial charge in [0.1, 0.15) is 5.82 Å². The monoisotopic (exact) mass is 317 g/mol. The Morgan fingerprint density at radius 3 is 2.30 bits per heavy atom. The molecule has 5 heteroatoms. The summed E-state index contributed by atoms with van der Waals surface area (Å²) in [6.07, 6.45) is 0.941. The lowest BCUT2D eigenvalue weighted by molar-refractivity contribution is -0.121. The van der Waals surface area contributed by atoms with Crippen LogP contribution in [0.25, 0.3) is 0 Å². The van der Waals surface area contributed by atoms with Crippen LogP contribution in [0.2, 0.25) is 0 Å². The first-order valence-corrected chi connectivity index (χ1v) is 7.34. The van der Waals surface area contributed by atoms with Gasteiger partial charge in [-0.05, 0) is 41.8 Å². The molecular weight excluding hydrogens is 297 g/mol. The van der Waals surface area contributed by atoms with Crippen molar-refractivity contribution in [1.29, 1.82) is 0 Å². The summed E-state index contributed by atoms with van der Waals surface area (Å²) in [6, 6.07) is 11.7. The molecule has 0 aliphatic rings. The second kappa shape index (κ2) is 8.17. The molecule has 2 aromatic carbocycles. The third kappa shape index (κ3) is 4.98. The molecule has 0 aliphatic carbocycles. The molecule has 2 aromatic rings. The minimum absolute atomic E-state index is 0.0518. The van der Waals surface area contributed by atoms with Gasteiger partial charge in [-0.3, -0.25) is 4.79 Å². The summed E-state index contributed by atoms with van der Waals surface area (Å²) in [5.41, 5.74) is 1.87. The Hall–Kier alpha value is -2.56. The van der Waals surface area contributed by atoms with Crippen molar-refractivity contribution < 1.29 is 18.7 Å². The largest absolute Gasteiger partial charge is 0.493 e. The van der Waals surface area contributed by atoms with Crippen LogP contribution >= 0.6 is 0 Å². The van der Waals surface area contributed by atoms with Gasteiger partial charge < -0.3 is 14.8 Å². The van der Waals surface area contributed by atoms with Crippen LogP contribution in [0.1, 0.15) is 17.5 Å². The number of hydrogen-bond acceptors (Lipinski definition) is 3. The number of carbonyl (C=O) groups excluding carboxylic acids is 1. The molecule has 0 saturated heterocycles. The van der Waals surface area contributed by atoms with Crippen molar-refractivity contribution in [2.45, 2.75) is 19.4 Å². The number of aryl methyl sites for hydroxylation is 1. The van der Waals surface area contributed by atoms with E-state index in [9.17, 15) is 9.18 Å². The van der Waals surface area contributed by atoms with Crippen molar-refractivity contribution in [3.05, 3.63) is 59.4 Å². The number of carbonyl (C=O) groups is 1. The Kier molecular flexibility index (Phi) is 5.97. The van der Waals surface area contributed by atoms with Gasteiger partial charge in [0, 0.05) is 13.0 Å². The van der Waals surface area contributed by atoms with E-state index in [2.05, 4.69) is 5.32 Å². The smallest absolute Gasteiger partial charge is 0.220 e. The van der Waals surface area contributed by atoms with Crippen LogP contribution in [0.4, 0.5) is 4.39 Å². The van der Waals surface area contributed by atoms with Crippen LogP contribution in [0.3, 0.4) is 0 Å². The summed E-state index contributed by atoms with van der Waals surface area (Å²) in [7, 11) is 3.15. The highest BCUT2D eigenvalue weighted by Crippen LogP contribution is 2.27. The van der Waals surface area contributed by atoms with Gasteiger partial charge in [-0.25, -0.2) is 4.39 Å². The summed E-state index contributed by atoms with van der Waals surface area (Å²) in [4.78, 5) is 11.9. The molecule has 0 fully saturated rings. The number of ether oxygens (including phenoxy) is 2. The van der Waals surface area contributed by atoms with E-state index in [1.807, 2.05) is 12.1 Å². The zero-order chi connectivity index (χ0) is 16.7. The van der Waals surface area contributed by atoms with Crippen molar-refractivity contribution in [2.75, 3.05) is 14.2 Å². The highest BCUT2D eigenvalue weighted by Gasteiger charge is 2.06. The lowest BCUT2D eigenvalue weighted by Crippen LogP contribution is -2.23. The SMILES string of the molecule is COc1ccc(CNC(=O)CCc2ccc(F)cc2)cc1OC. The zero-order valence-corrected chi connectivity index (χ0v) is 13.3. The number of rotatable bonds is 7. The van der Waals surface area contributed by atoms with Gasteiger partial charge in [0.15, 0.2) is 11.5 Å². The summed E-state index contributed by atoms with van der Waals surface area (Å²) in [6.45, 7) is 0.419. The average molecular weight is 317 g/mol. The van der Waals surface area contributed by atoms with Gasteiger partial charge in [0.05, 0.1) is 14.2 Å². The maximum atomic E-state index is 12.8. The first-order valence-electron chi connectivity index (χ1n) is 7.34. The van der Waals surface area contributed by atoms with Crippen LogP contribution in [0.15, 0.2) is 42.5 Å². The molecule has 23 heavy (non-hydrogen) atoms. The van der Waals surface area contributed by atoms with E-state index in [1.54, 1.807) is 32.4 Å². The molecule has 0 saturated carbocycles. The van der Waals surface area contributed by atoms with Gasteiger partial charge >= 0.3 is 0 Å². The molecule has 0 atom stereocenters. The molecule has 0 radical (unpaired) electrons. The van der Waals surface area contributed by atoms with Gasteiger partial charge in [-0.2, -0.15) is 0 Å². The Morgan fingerprint density at radius 1 is 1.00 bits per heavy atom. The normalized spacial score (nSPS) is 10.2. The van der Waals surface area contributed by atoms with Crippen molar-refractivity contribution in [1.82, 2.24) is 5.32 Å². The molecule has 2 rings (SSSR count). The minimum atomic E-state index is -0.272. The molecule has 0 heterocycles. The van der Waals surface area contributed by atoms with E-state index in [4.69, 9.17) is 9.47 Å². The number of amides is 1. The second-order valence-electron chi connectivity index (χ2n) is 5.09. The van der Waals surface area contributed by atoms with Crippen molar-refractivity contribution >= 4 is 5.91 Å². The lowest BCUT2D eigenvalue weighted by Gasteiger charge is -2.10. The quantitative estimate of drug-likeness (QED) is 0.853. The third-order valence-corrected chi connectivity index (χ3v) is 3.49. The summed E-state index contributed by atoms with van der Waals surface area (Å²) < 4.78 is 23.2. The van der Waals surface area contributed by atoms with Crippen molar-refractivity contribution in [2.24, 2.45) is 0 Å². The Bertz CT molecular complexity index is 656. The predicted octanol–water partition coefficient (Wildman–Crippen LogP) is 3.09. The lowest BCUT2D eigenvalue weighted by atomic mass is 10.1. The van der Waals surface area contributed by atoms with Crippen LogP contribution in [0, 0.1) is 5.82 Å². The molecule has 1 amide bonds. The van der Waals surface area contributed by atoms with Gasteiger partial charge in [0.2, 0.25) is 5.91 Å². The van der Waals surface area contributed by atoms with E-state index in [0.29, 0.717) is 30.9 Å². The number of hydrogen-bond donors (Lipinski definition) is 1. The second-order valence-corrected chi connectivity index (χ2v) is 5.09. The van der Waals surface area contributed by atoms with E-state index in [0.717, 1.165) is 11.1 Å². The van der Waals surface area contributed by atoms with E-state index < -0.39 is 0 Å². The van der Waals surface area contributed by atoms with Crippen LogP contribution < -0.4 is 14.8 Å². The third-order valence-electron chi connectivity index (χ3n) is 3.49. The average Bonchev–Trinajstić information content (AvgIpc) is 2.59. The molecule has 0 aromatic heterocycles. The van der Waals surface area contributed by atoms with E-state index in [-0.39, 0.29) is 11.7 Å². The summed E-state index contributed by atoms with van der Waals surface area (Å²) in [5.74, 6) is 0.959. The fourth-order valence-electron chi connectivity index (χ4n) is 2.19. The number of halogens is 1. The molecule has 0 unspecified atom stereocenters. The van der Waals surface area contributed by atoms with E-state index in [1.165, 1.54) is 12.1 Å². The topological polar surface area (TPSA) is 47.6 Å². The number of methoxy groups -OCH3 is 2. The Labute approximate surface area is 135 Å². The zero-order valence-electron chi connectivity index (χ0n) is 13.3. The maximum absolute atomic E-state index is 12.8. The first-order chi connectivity index (χ1) is 11.1. The summed E-state index contributed by atoms with van der Waals surface area (Å²) in [5, 5.41) is 2.86. The van der Waals surface area contributed by atoms with Crippen molar-refractivity contribution in [3.8, 4) is 11.5 Å². The highest BCUT2D eigenvalue weighted by molar-refractivity contribution is 5.76. The fraction of sp³-hybridized carbons (Fsp3) is 0.278. The molecule has 4 nitrogen and oxygen atoms in total. The molecule has 0 spiro atoms. The maximum Gasteiger partial charge on any atom is 0.220 e. The highest BCUT2D eigenvalue weighted by atomic mass is 19.1. The van der Waals surface area contributed by atoms with Gasteiger partial charge in [0.25, 0.3) is 0 Å². The molecular formula is C18H20FNO3.